The lowest BCUT2D eigenvalue weighted by atomic mass is 9.57. The van der Waals surface area contributed by atoms with E-state index in [0.29, 0.717) is 11.3 Å². The van der Waals surface area contributed by atoms with Gasteiger partial charge in [-0.1, -0.05) is 13.3 Å². The number of Topliss-reactive ketones (excluding diaryl/α,β-unsaturated/α-hetero) is 1. The van der Waals surface area contributed by atoms with Crippen LogP contribution >= 0.6 is 11.6 Å². The van der Waals surface area contributed by atoms with Crippen LogP contribution in [0.25, 0.3) is 0 Å². The third-order valence-electron chi connectivity index (χ3n) is 5.54. The summed E-state index contributed by atoms with van der Waals surface area (Å²) >= 11 is 5.84. The number of hydrogen-bond donors (Lipinski definition) is 1. The van der Waals surface area contributed by atoms with E-state index < -0.39 is 11.6 Å². The van der Waals surface area contributed by atoms with Crippen LogP contribution in [-0.2, 0) is 0 Å². The maximum Gasteiger partial charge on any atom is 0.225 e. The van der Waals surface area contributed by atoms with Gasteiger partial charge < -0.3 is 5.32 Å². The van der Waals surface area contributed by atoms with E-state index in [-0.39, 0.29) is 22.8 Å². The quantitative estimate of drug-likeness (QED) is 0.664. The first-order valence-electron chi connectivity index (χ1n) is 7.94. The van der Waals surface area contributed by atoms with E-state index in [1.165, 1.54) is 32.6 Å². The zero-order valence-electron chi connectivity index (χ0n) is 13.0. The highest BCUT2D eigenvalue weighted by Crippen LogP contribution is 2.52. The second-order valence-corrected chi connectivity index (χ2v) is 7.04. The number of ketones is 1. The minimum absolute atomic E-state index is 0.0639. The van der Waals surface area contributed by atoms with Gasteiger partial charge in [0.25, 0.3) is 0 Å². The summed E-state index contributed by atoms with van der Waals surface area (Å²) in [4.78, 5) is 19.1. The van der Waals surface area contributed by atoms with E-state index in [9.17, 15) is 9.18 Å². The number of aromatic nitrogens is 2. The number of carbonyl (C=O) groups is 1. The topological polar surface area (TPSA) is 54.9 Å². The molecule has 0 radical (unpaired) electrons. The van der Waals surface area contributed by atoms with Gasteiger partial charge in [-0.2, -0.15) is 4.98 Å². The standard InChI is InChI=1S/C16H21ClFN3O/c1-3-16-6-4-10(5-7-16)11(8-16)19-14-12(18)13(9(2)22)20-15(17)21-14/h10-11H,3-8H2,1-2H3,(H,19,20,21). The molecular weight excluding hydrogens is 305 g/mol. The molecule has 1 aromatic rings. The maximum absolute atomic E-state index is 14.4. The fourth-order valence-electron chi connectivity index (χ4n) is 4.08. The summed E-state index contributed by atoms with van der Waals surface area (Å²) < 4.78 is 14.4. The Labute approximate surface area is 134 Å². The second kappa shape index (κ2) is 5.76. The predicted molar refractivity (Wildman–Crippen MR) is 83.7 cm³/mol. The van der Waals surface area contributed by atoms with Crippen LogP contribution in [-0.4, -0.2) is 21.8 Å². The number of hydrogen-bond acceptors (Lipinski definition) is 4. The molecule has 1 atom stereocenters. The highest BCUT2D eigenvalue weighted by molar-refractivity contribution is 6.28. The van der Waals surface area contributed by atoms with Crippen LogP contribution in [0.2, 0.25) is 5.28 Å². The van der Waals surface area contributed by atoms with Crippen LogP contribution in [0.4, 0.5) is 10.2 Å². The van der Waals surface area contributed by atoms with Crippen molar-refractivity contribution in [2.24, 2.45) is 11.3 Å². The van der Waals surface area contributed by atoms with E-state index in [0.717, 1.165) is 12.8 Å². The Hall–Kier alpha value is -1.23. The molecule has 0 saturated heterocycles. The lowest BCUT2D eigenvalue weighted by Gasteiger charge is -2.51. The second-order valence-electron chi connectivity index (χ2n) is 6.71. The summed E-state index contributed by atoms with van der Waals surface area (Å²) in [5, 5.41) is 3.12. The summed E-state index contributed by atoms with van der Waals surface area (Å²) in [6.45, 7) is 3.51. The van der Waals surface area contributed by atoms with E-state index in [1.54, 1.807) is 0 Å². The Bertz CT molecular complexity index is 599. The number of nitrogens with one attached hydrogen (secondary N) is 1. The average molecular weight is 326 g/mol. The van der Waals surface area contributed by atoms with Crippen LogP contribution in [0.5, 0.6) is 0 Å². The molecule has 120 valence electrons. The van der Waals surface area contributed by atoms with Gasteiger partial charge in [0.1, 0.15) is 5.69 Å². The van der Waals surface area contributed by atoms with Crippen LogP contribution in [0, 0.1) is 17.2 Å². The van der Waals surface area contributed by atoms with Gasteiger partial charge >= 0.3 is 0 Å². The lowest BCUT2D eigenvalue weighted by Crippen LogP contribution is -2.46. The highest BCUT2D eigenvalue weighted by Gasteiger charge is 2.44. The summed E-state index contributed by atoms with van der Waals surface area (Å²) in [6, 6.07) is 0.197. The number of carbonyl (C=O) groups excluding carboxylic acids is 1. The van der Waals surface area contributed by atoms with Gasteiger partial charge in [-0.25, -0.2) is 9.37 Å². The predicted octanol–water partition coefficient (Wildman–Crippen LogP) is 4.24. The Morgan fingerprint density at radius 1 is 1.41 bits per heavy atom. The Morgan fingerprint density at radius 2 is 2.09 bits per heavy atom. The van der Waals surface area contributed by atoms with Crippen LogP contribution in [0.3, 0.4) is 0 Å². The van der Waals surface area contributed by atoms with Crippen molar-refractivity contribution in [1.29, 1.82) is 0 Å². The van der Waals surface area contributed by atoms with E-state index >= 15 is 0 Å². The Balaban J connectivity index is 1.86. The van der Waals surface area contributed by atoms with Gasteiger partial charge in [-0.05, 0) is 55.0 Å². The summed E-state index contributed by atoms with van der Waals surface area (Å²) in [7, 11) is 0. The highest BCUT2D eigenvalue weighted by atomic mass is 35.5. The SMILES string of the molecule is CCC12CCC(CC1)C(Nc1nc(Cl)nc(C(C)=O)c1F)C2. The van der Waals surface area contributed by atoms with Crippen molar-refractivity contribution in [2.45, 2.75) is 58.4 Å². The summed E-state index contributed by atoms with van der Waals surface area (Å²) in [6.07, 6.45) is 7.06. The van der Waals surface area contributed by atoms with Crippen molar-refractivity contribution in [3.05, 3.63) is 16.8 Å². The number of fused-ring (bicyclic) bond motifs is 3. The molecule has 1 aromatic heterocycles. The van der Waals surface area contributed by atoms with Gasteiger partial charge in [-0.15, -0.1) is 0 Å². The minimum atomic E-state index is -0.691. The molecule has 2 bridgehead atoms. The van der Waals surface area contributed by atoms with Gasteiger partial charge in [0, 0.05) is 13.0 Å². The maximum atomic E-state index is 14.4. The molecule has 1 heterocycles. The normalized spacial score (nSPS) is 30.4. The number of anilines is 1. The first-order chi connectivity index (χ1) is 10.4. The van der Waals surface area contributed by atoms with E-state index in [4.69, 9.17) is 11.6 Å². The van der Waals surface area contributed by atoms with Gasteiger partial charge in [0.2, 0.25) is 5.28 Å². The van der Waals surface area contributed by atoms with Crippen molar-refractivity contribution in [1.82, 2.24) is 9.97 Å². The number of halogens is 2. The molecule has 3 fully saturated rings. The molecular formula is C16H21ClFN3O. The molecule has 1 unspecified atom stereocenters. The fraction of sp³-hybridized carbons (Fsp3) is 0.688. The molecule has 22 heavy (non-hydrogen) atoms. The number of rotatable bonds is 4. The smallest absolute Gasteiger partial charge is 0.225 e. The van der Waals surface area contributed by atoms with Crippen molar-refractivity contribution in [3.63, 3.8) is 0 Å². The molecule has 3 aliphatic rings. The Morgan fingerprint density at radius 3 is 2.68 bits per heavy atom. The van der Waals surface area contributed by atoms with E-state index in [1.807, 2.05) is 0 Å². The van der Waals surface area contributed by atoms with Gasteiger partial charge in [0.05, 0.1) is 0 Å². The van der Waals surface area contributed by atoms with Crippen LogP contribution in [0.15, 0.2) is 0 Å². The number of nitrogens with zero attached hydrogens (tertiary/aromatic N) is 2. The minimum Gasteiger partial charge on any atom is -0.364 e. The molecule has 0 aromatic carbocycles. The van der Waals surface area contributed by atoms with Crippen molar-refractivity contribution < 1.29 is 9.18 Å². The lowest BCUT2D eigenvalue weighted by molar-refractivity contribution is 0.0494. The van der Waals surface area contributed by atoms with Gasteiger partial charge in [-0.3, -0.25) is 4.79 Å². The molecule has 0 aliphatic heterocycles. The van der Waals surface area contributed by atoms with Crippen molar-refractivity contribution in [3.8, 4) is 0 Å². The third kappa shape index (κ3) is 2.71. The Kier molecular flexibility index (Phi) is 4.10. The summed E-state index contributed by atoms with van der Waals surface area (Å²) in [5.74, 6) is -0.528. The van der Waals surface area contributed by atoms with Crippen LogP contribution in [0.1, 0.15) is 62.9 Å². The summed E-state index contributed by atoms with van der Waals surface area (Å²) in [5.41, 5.74) is 0.136. The molecule has 3 saturated carbocycles. The van der Waals surface area contributed by atoms with Gasteiger partial charge in [0.15, 0.2) is 17.4 Å². The molecule has 6 heteroatoms. The fourth-order valence-corrected chi connectivity index (χ4v) is 4.25. The zero-order chi connectivity index (χ0) is 15.9. The van der Waals surface area contributed by atoms with E-state index in [2.05, 4.69) is 22.2 Å². The molecule has 4 rings (SSSR count). The van der Waals surface area contributed by atoms with Crippen molar-refractivity contribution >= 4 is 23.2 Å². The zero-order valence-corrected chi connectivity index (χ0v) is 13.7. The molecule has 4 nitrogen and oxygen atoms in total. The largest absolute Gasteiger partial charge is 0.364 e. The first-order valence-corrected chi connectivity index (χ1v) is 8.32. The molecule has 3 aliphatic carbocycles. The third-order valence-corrected chi connectivity index (χ3v) is 5.71. The first kappa shape index (κ1) is 15.7. The molecule has 0 amide bonds. The van der Waals surface area contributed by atoms with Crippen LogP contribution < -0.4 is 5.32 Å². The molecule has 1 N–H and O–H groups in total. The monoisotopic (exact) mass is 325 g/mol. The van der Waals surface area contributed by atoms with Crippen molar-refractivity contribution in [2.75, 3.05) is 5.32 Å². The average Bonchev–Trinajstić information content (AvgIpc) is 2.51. The molecule has 0 spiro atoms.